The van der Waals surface area contributed by atoms with Gasteiger partial charge in [0.2, 0.25) is 0 Å². The fourth-order valence-electron chi connectivity index (χ4n) is 2.68. The molecule has 1 unspecified atom stereocenters. The quantitative estimate of drug-likeness (QED) is 0.875. The molecule has 1 heterocycles. The lowest BCUT2D eigenvalue weighted by Crippen LogP contribution is -2.35. The highest BCUT2D eigenvalue weighted by atomic mass is 19.3. The van der Waals surface area contributed by atoms with Crippen molar-refractivity contribution in [2.75, 3.05) is 39.1 Å². The molecule has 118 valence electrons. The number of nitrogens with one attached hydrogen (secondary N) is 1. The highest BCUT2D eigenvalue weighted by Crippen LogP contribution is 2.31. The van der Waals surface area contributed by atoms with Crippen molar-refractivity contribution in [1.29, 1.82) is 0 Å². The van der Waals surface area contributed by atoms with Gasteiger partial charge in [-0.1, -0.05) is 0 Å². The summed E-state index contributed by atoms with van der Waals surface area (Å²) in [6.07, 6.45) is 2.39. The molecule has 0 saturated carbocycles. The average molecular weight is 300 g/mol. The molecule has 1 saturated heterocycles. The first-order valence-electron chi connectivity index (χ1n) is 7.13. The van der Waals surface area contributed by atoms with Crippen molar-refractivity contribution in [1.82, 2.24) is 4.90 Å². The molecule has 1 aliphatic rings. The molecule has 0 radical (unpaired) electrons. The molecule has 1 aliphatic heterocycles. The molecule has 4 nitrogen and oxygen atoms in total. The van der Waals surface area contributed by atoms with Gasteiger partial charge in [0.05, 0.1) is 7.11 Å². The highest BCUT2D eigenvalue weighted by molar-refractivity contribution is 5.54. The van der Waals surface area contributed by atoms with Crippen LogP contribution in [0.25, 0.3) is 0 Å². The summed E-state index contributed by atoms with van der Waals surface area (Å²) < 4.78 is 34.3. The fraction of sp³-hybridized carbons (Fsp3) is 0.600. The maximum atomic E-state index is 12.4. The zero-order valence-corrected chi connectivity index (χ0v) is 12.4. The van der Waals surface area contributed by atoms with E-state index in [0.29, 0.717) is 11.7 Å². The van der Waals surface area contributed by atoms with Crippen molar-refractivity contribution < 1.29 is 18.3 Å². The van der Waals surface area contributed by atoms with Crippen LogP contribution in [0.2, 0.25) is 0 Å². The Bertz CT molecular complexity index is 457. The Labute approximate surface area is 124 Å². The number of methoxy groups -OCH3 is 1. The van der Waals surface area contributed by atoms with Crippen molar-refractivity contribution >= 4 is 5.69 Å². The molecule has 0 bridgehead atoms. The second-order valence-corrected chi connectivity index (χ2v) is 5.40. The maximum Gasteiger partial charge on any atom is 0.387 e. The molecule has 21 heavy (non-hydrogen) atoms. The van der Waals surface area contributed by atoms with E-state index in [-0.39, 0.29) is 5.75 Å². The van der Waals surface area contributed by atoms with E-state index in [1.54, 1.807) is 12.1 Å². The van der Waals surface area contributed by atoms with Gasteiger partial charge in [0.1, 0.15) is 0 Å². The van der Waals surface area contributed by atoms with Crippen LogP contribution in [-0.4, -0.2) is 45.3 Å². The van der Waals surface area contributed by atoms with Crippen LogP contribution < -0.4 is 14.8 Å². The Morgan fingerprint density at radius 2 is 2.19 bits per heavy atom. The topological polar surface area (TPSA) is 33.7 Å². The average Bonchev–Trinajstić information content (AvgIpc) is 2.45. The fourth-order valence-corrected chi connectivity index (χ4v) is 2.68. The van der Waals surface area contributed by atoms with Gasteiger partial charge in [-0.15, -0.1) is 0 Å². The van der Waals surface area contributed by atoms with E-state index in [1.807, 2.05) is 6.07 Å². The standard InChI is InChI=1S/C15H22F2N2O2/c1-19-7-3-4-11(10-19)9-18-12-5-6-13(20-2)14(8-12)21-15(16)17/h5-6,8,11,15,18H,3-4,7,9-10H2,1-2H3. The van der Waals surface area contributed by atoms with Gasteiger partial charge in [0, 0.05) is 24.8 Å². The second-order valence-electron chi connectivity index (χ2n) is 5.40. The van der Waals surface area contributed by atoms with Crippen molar-refractivity contribution in [2.45, 2.75) is 19.5 Å². The molecule has 1 aromatic carbocycles. The minimum absolute atomic E-state index is 0.0539. The van der Waals surface area contributed by atoms with Crippen LogP contribution >= 0.6 is 0 Å². The molecule has 2 rings (SSSR count). The summed E-state index contributed by atoms with van der Waals surface area (Å²) in [4.78, 5) is 2.31. The number of hydrogen-bond acceptors (Lipinski definition) is 4. The first-order chi connectivity index (χ1) is 10.1. The van der Waals surface area contributed by atoms with Crippen molar-refractivity contribution in [3.05, 3.63) is 18.2 Å². The van der Waals surface area contributed by atoms with E-state index in [1.165, 1.54) is 20.0 Å². The number of hydrogen-bond donors (Lipinski definition) is 1. The van der Waals surface area contributed by atoms with E-state index < -0.39 is 6.61 Å². The third-order valence-corrected chi connectivity index (χ3v) is 3.70. The van der Waals surface area contributed by atoms with Gasteiger partial charge in [-0.25, -0.2) is 0 Å². The van der Waals surface area contributed by atoms with Gasteiger partial charge in [-0.2, -0.15) is 8.78 Å². The number of benzene rings is 1. The lowest BCUT2D eigenvalue weighted by Gasteiger charge is -2.30. The number of rotatable bonds is 6. The van der Waals surface area contributed by atoms with Crippen LogP contribution in [0.5, 0.6) is 11.5 Å². The summed E-state index contributed by atoms with van der Waals surface area (Å²) in [5.41, 5.74) is 0.764. The lowest BCUT2D eigenvalue weighted by atomic mass is 9.98. The summed E-state index contributed by atoms with van der Waals surface area (Å²) in [7, 11) is 3.55. The van der Waals surface area contributed by atoms with Crippen LogP contribution in [0.15, 0.2) is 18.2 Å². The van der Waals surface area contributed by atoms with E-state index in [0.717, 1.165) is 25.3 Å². The Hall–Kier alpha value is -1.56. The Morgan fingerprint density at radius 1 is 1.38 bits per heavy atom. The molecular formula is C15H22F2N2O2. The van der Waals surface area contributed by atoms with Gasteiger partial charge in [0.15, 0.2) is 11.5 Å². The minimum atomic E-state index is -2.86. The van der Waals surface area contributed by atoms with E-state index in [2.05, 4.69) is 22.0 Å². The van der Waals surface area contributed by atoms with E-state index in [9.17, 15) is 8.78 Å². The van der Waals surface area contributed by atoms with Gasteiger partial charge in [-0.05, 0) is 44.5 Å². The summed E-state index contributed by atoms with van der Waals surface area (Å²) in [6.45, 7) is 0.167. The third kappa shape index (κ3) is 4.74. The van der Waals surface area contributed by atoms with E-state index in [4.69, 9.17) is 4.74 Å². The molecule has 1 N–H and O–H groups in total. The summed E-state index contributed by atoms with van der Waals surface area (Å²) in [5, 5.41) is 3.29. The Balaban J connectivity index is 1.96. The SMILES string of the molecule is COc1ccc(NCC2CCCN(C)C2)cc1OC(F)F. The van der Waals surface area contributed by atoms with Crippen LogP contribution in [0.3, 0.4) is 0 Å². The predicted molar refractivity (Wildman–Crippen MR) is 78.3 cm³/mol. The zero-order valence-electron chi connectivity index (χ0n) is 12.4. The molecule has 0 aromatic heterocycles. The van der Waals surface area contributed by atoms with E-state index >= 15 is 0 Å². The van der Waals surface area contributed by atoms with Crippen molar-refractivity contribution in [2.24, 2.45) is 5.92 Å². The highest BCUT2D eigenvalue weighted by Gasteiger charge is 2.17. The largest absolute Gasteiger partial charge is 0.493 e. The van der Waals surface area contributed by atoms with Gasteiger partial charge in [0.25, 0.3) is 0 Å². The molecule has 1 aromatic rings. The number of alkyl halides is 2. The zero-order chi connectivity index (χ0) is 15.2. The van der Waals surface area contributed by atoms with Crippen LogP contribution in [0, 0.1) is 5.92 Å². The Kier molecular flexibility index (Phi) is 5.61. The predicted octanol–water partition coefficient (Wildman–Crippen LogP) is 3.05. The molecule has 6 heteroatoms. The normalized spacial score (nSPS) is 19.6. The summed E-state index contributed by atoms with van der Waals surface area (Å²) in [5.74, 6) is 0.932. The number of anilines is 1. The first-order valence-corrected chi connectivity index (χ1v) is 7.13. The molecule has 1 atom stereocenters. The van der Waals surface area contributed by atoms with Crippen LogP contribution in [-0.2, 0) is 0 Å². The maximum absolute atomic E-state index is 12.4. The molecule has 0 aliphatic carbocycles. The smallest absolute Gasteiger partial charge is 0.387 e. The number of halogens is 2. The first kappa shape index (κ1) is 15.8. The molecule has 0 amide bonds. The van der Waals surface area contributed by atoms with Crippen molar-refractivity contribution in [3.63, 3.8) is 0 Å². The van der Waals surface area contributed by atoms with Gasteiger partial charge < -0.3 is 19.7 Å². The summed E-state index contributed by atoms with van der Waals surface area (Å²) in [6, 6.07) is 4.99. The molecule has 1 fully saturated rings. The van der Waals surface area contributed by atoms with Crippen LogP contribution in [0.4, 0.5) is 14.5 Å². The number of nitrogens with zero attached hydrogens (tertiary/aromatic N) is 1. The molecule has 0 spiro atoms. The number of likely N-dealkylation sites (tertiary alicyclic amines) is 1. The summed E-state index contributed by atoms with van der Waals surface area (Å²) >= 11 is 0. The number of ether oxygens (including phenoxy) is 2. The lowest BCUT2D eigenvalue weighted by molar-refractivity contribution is -0.0511. The van der Waals surface area contributed by atoms with Gasteiger partial charge in [-0.3, -0.25) is 0 Å². The monoisotopic (exact) mass is 300 g/mol. The Morgan fingerprint density at radius 3 is 2.86 bits per heavy atom. The number of piperidine rings is 1. The van der Waals surface area contributed by atoms with Crippen LogP contribution in [0.1, 0.15) is 12.8 Å². The third-order valence-electron chi connectivity index (χ3n) is 3.70. The molecular weight excluding hydrogens is 278 g/mol. The minimum Gasteiger partial charge on any atom is -0.493 e. The second kappa shape index (κ2) is 7.45. The van der Waals surface area contributed by atoms with Crippen molar-refractivity contribution in [3.8, 4) is 11.5 Å². The van der Waals surface area contributed by atoms with Gasteiger partial charge >= 0.3 is 6.61 Å².